The summed E-state index contributed by atoms with van der Waals surface area (Å²) in [6, 6.07) is 7.84. The fourth-order valence-electron chi connectivity index (χ4n) is 6.87. The standard InChI is InChI=1S/C25H37N3O3/c1-28(2)21(20-6-4-5-7-22(20)31-3)15-26-24(30)16-27-23(29)14-25-11-17-8-18(12-25)10-19(9-17)13-25/h4-7,17-19,21H,8-16H2,1-3H3,(H,26,30)(H,27,29). The molecule has 2 N–H and O–H groups in total. The van der Waals surface area contributed by atoms with Crippen LogP contribution in [0, 0.1) is 23.2 Å². The molecule has 0 radical (unpaired) electrons. The number of ether oxygens (including phenoxy) is 1. The molecular formula is C25H37N3O3. The van der Waals surface area contributed by atoms with E-state index in [4.69, 9.17) is 4.74 Å². The molecule has 4 bridgehead atoms. The molecule has 31 heavy (non-hydrogen) atoms. The van der Waals surface area contributed by atoms with E-state index in [-0.39, 0.29) is 29.8 Å². The number of hydrogen-bond acceptors (Lipinski definition) is 4. The Kier molecular flexibility index (Phi) is 6.56. The van der Waals surface area contributed by atoms with Gasteiger partial charge in [-0.25, -0.2) is 0 Å². The molecule has 1 aromatic rings. The van der Waals surface area contributed by atoms with Crippen LogP contribution < -0.4 is 15.4 Å². The number of nitrogens with zero attached hydrogens (tertiary/aromatic N) is 1. The maximum atomic E-state index is 12.7. The molecule has 4 saturated carbocycles. The van der Waals surface area contributed by atoms with Crippen LogP contribution in [0.1, 0.15) is 56.6 Å². The Morgan fingerprint density at radius 1 is 1.03 bits per heavy atom. The van der Waals surface area contributed by atoms with Crippen LogP contribution in [-0.2, 0) is 9.59 Å². The van der Waals surface area contributed by atoms with Gasteiger partial charge in [-0.1, -0.05) is 18.2 Å². The fraction of sp³-hybridized carbons (Fsp3) is 0.680. The van der Waals surface area contributed by atoms with Crippen molar-refractivity contribution >= 4 is 11.8 Å². The van der Waals surface area contributed by atoms with Crippen LogP contribution in [0.2, 0.25) is 0 Å². The summed E-state index contributed by atoms with van der Waals surface area (Å²) in [6.07, 6.45) is 8.35. The third kappa shape index (κ3) is 5.05. The second kappa shape index (κ2) is 9.19. The highest BCUT2D eigenvalue weighted by Gasteiger charge is 2.51. The lowest BCUT2D eigenvalue weighted by Gasteiger charge is -2.56. The first kappa shape index (κ1) is 22.1. The first-order chi connectivity index (χ1) is 14.9. The lowest BCUT2D eigenvalue weighted by atomic mass is 9.49. The van der Waals surface area contributed by atoms with Crippen LogP contribution in [0.5, 0.6) is 5.75 Å². The van der Waals surface area contributed by atoms with Crippen molar-refractivity contribution in [3.8, 4) is 5.75 Å². The van der Waals surface area contributed by atoms with Gasteiger partial charge in [-0.2, -0.15) is 0 Å². The molecule has 4 aliphatic carbocycles. The molecule has 0 heterocycles. The Labute approximate surface area is 186 Å². The van der Waals surface area contributed by atoms with E-state index in [0.29, 0.717) is 13.0 Å². The van der Waals surface area contributed by atoms with E-state index >= 15 is 0 Å². The Morgan fingerprint density at radius 2 is 1.65 bits per heavy atom. The van der Waals surface area contributed by atoms with Crippen molar-refractivity contribution in [3.05, 3.63) is 29.8 Å². The molecule has 0 spiro atoms. The molecule has 0 aromatic heterocycles. The number of amides is 2. The van der Waals surface area contributed by atoms with Crippen molar-refractivity contribution in [1.82, 2.24) is 15.5 Å². The second-order valence-corrected chi connectivity index (χ2v) is 10.4. The van der Waals surface area contributed by atoms with Gasteiger partial charge in [0.25, 0.3) is 0 Å². The lowest BCUT2D eigenvalue weighted by molar-refractivity contribution is -0.132. The molecule has 4 fully saturated rings. The van der Waals surface area contributed by atoms with Crippen molar-refractivity contribution in [1.29, 1.82) is 0 Å². The third-order valence-corrected chi connectivity index (χ3v) is 7.76. The van der Waals surface area contributed by atoms with E-state index in [1.54, 1.807) is 7.11 Å². The van der Waals surface area contributed by atoms with Gasteiger partial charge in [0.15, 0.2) is 0 Å². The second-order valence-electron chi connectivity index (χ2n) is 10.4. The lowest BCUT2D eigenvalue weighted by Crippen LogP contribution is -2.48. The molecule has 6 heteroatoms. The van der Waals surface area contributed by atoms with Gasteiger partial charge in [0.05, 0.1) is 19.7 Å². The van der Waals surface area contributed by atoms with Crippen molar-refractivity contribution in [2.45, 2.75) is 51.0 Å². The van der Waals surface area contributed by atoms with E-state index in [0.717, 1.165) is 29.1 Å². The fourth-order valence-corrected chi connectivity index (χ4v) is 6.87. The van der Waals surface area contributed by atoms with Gasteiger partial charge in [0.1, 0.15) is 5.75 Å². The van der Waals surface area contributed by atoms with Crippen molar-refractivity contribution < 1.29 is 14.3 Å². The predicted octanol–water partition coefficient (Wildman–Crippen LogP) is 3.14. The average Bonchev–Trinajstić information content (AvgIpc) is 2.71. The van der Waals surface area contributed by atoms with Gasteiger partial charge in [-0.05, 0) is 81.9 Å². The van der Waals surface area contributed by atoms with E-state index in [2.05, 4.69) is 15.5 Å². The number of carbonyl (C=O) groups excluding carboxylic acids is 2. The van der Waals surface area contributed by atoms with Crippen molar-refractivity contribution in [2.24, 2.45) is 23.2 Å². The smallest absolute Gasteiger partial charge is 0.239 e. The zero-order chi connectivity index (χ0) is 22.0. The van der Waals surface area contributed by atoms with Crippen LogP contribution in [-0.4, -0.2) is 51.0 Å². The molecule has 170 valence electrons. The average molecular weight is 428 g/mol. The van der Waals surface area contributed by atoms with Crippen LogP contribution in [0.25, 0.3) is 0 Å². The van der Waals surface area contributed by atoms with Gasteiger partial charge in [-0.3, -0.25) is 9.59 Å². The number of methoxy groups -OCH3 is 1. The molecule has 1 unspecified atom stereocenters. The van der Waals surface area contributed by atoms with E-state index in [9.17, 15) is 9.59 Å². The molecule has 5 rings (SSSR count). The summed E-state index contributed by atoms with van der Waals surface area (Å²) in [6.45, 7) is 0.494. The summed E-state index contributed by atoms with van der Waals surface area (Å²) in [5.74, 6) is 3.19. The summed E-state index contributed by atoms with van der Waals surface area (Å²) < 4.78 is 5.48. The summed E-state index contributed by atoms with van der Waals surface area (Å²) in [5, 5.41) is 5.86. The van der Waals surface area contributed by atoms with Gasteiger partial charge >= 0.3 is 0 Å². The minimum atomic E-state index is -0.152. The number of benzene rings is 1. The number of nitrogens with one attached hydrogen (secondary N) is 2. The largest absolute Gasteiger partial charge is 0.496 e. The van der Waals surface area contributed by atoms with E-state index in [1.807, 2.05) is 38.4 Å². The number of carbonyl (C=O) groups is 2. The molecule has 0 saturated heterocycles. The van der Waals surface area contributed by atoms with Gasteiger partial charge in [-0.15, -0.1) is 0 Å². The molecule has 1 aromatic carbocycles. The molecule has 1 atom stereocenters. The van der Waals surface area contributed by atoms with Crippen molar-refractivity contribution in [2.75, 3.05) is 34.3 Å². The maximum Gasteiger partial charge on any atom is 0.239 e. The number of likely N-dealkylation sites (N-methyl/N-ethyl adjacent to an activating group) is 1. The highest BCUT2D eigenvalue weighted by Crippen LogP contribution is 2.61. The van der Waals surface area contributed by atoms with Crippen molar-refractivity contribution in [3.63, 3.8) is 0 Å². The van der Waals surface area contributed by atoms with Gasteiger partial charge in [0.2, 0.25) is 11.8 Å². The topological polar surface area (TPSA) is 70.7 Å². The Morgan fingerprint density at radius 3 is 2.23 bits per heavy atom. The SMILES string of the molecule is COc1ccccc1C(CNC(=O)CNC(=O)CC12CC3CC(CC(C3)C1)C2)N(C)C. The minimum absolute atomic E-state index is 0.0113. The summed E-state index contributed by atoms with van der Waals surface area (Å²) >= 11 is 0. The quantitative estimate of drug-likeness (QED) is 0.635. The predicted molar refractivity (Wildman–Crippen MR) is 121 cm³/mol. The van der Waals surface area contributed by atoms with Gasteiger partial charge < -0.3 is 20.3 Å². The summed E-state index contributed by atoms with van der Waals surface area (Å²) in [5.41, 5.74) is 1.23. The Hall–Kier alpha value is -2.08. The van der Waals surface area contributed by atoms with Crippen LogP contribution in [0.15, 0.2) is 24.3 Å². The highest BCUT2D eigenvalue weighted by molar-refractivity contribution is 5.85. The maximum absolute atomic E-state index is 12.7. The minimum Gasteiger partial charge on any atom is -0.496 e. The summed E-state index contributed by atoms with van der Waals surface area (Å²) in [7, 11) is 5.62. The number of hydrogen-bond donors (Lipinski definition) is 2. The first-order valence-corrected chi connectivity index (χ1v) is 11.7. The third-order valence-electron chi connectivity index (χ3n) is 7.76. The van der Waals surface area contributed by atoms with Crippen LogP contribution in [0.4, 0.5) is 0 Å². The Balaban J connectivity index is 1.25. The van der Waals surface area contributed by atoms with E-state index in [1.165, 1.54) is 38.5 Å². The zero-order valence-corrected chi connectivity index (χ0v) is 19.2. The molecular weight excluding hydrogens is 390 g/mol. The monoisotopic (exact) mass is 427 g/mol. The first-order valence-electron chi connectivity index (χ1n) is 11.7. The zero-order valence-electron chi connectivity index (χ0n) is 19.2. The normalized spacial score (nSPS) is 29.6. The number of rotatable bonds is 9. The van der Waals surface area contributed by atoms with Gasteiger partial charge in [0, 0.05) is 18.5 Å². The van der Waals surface area contributed by atoms with E-state index < -0.39 is 0 Å². The Bertz CT molecular complexity index is 772. The van der Waals surface area contributed by atoms with Crippen LogP contribution in [0.3, 0.4) is 0 Å². The molecule has 0 aliphatic heterocycles. The highest BCUT2D eigenvalue weighted by atomic mass is 16.5. The van der Waals surface area contributed by atoms with Crippen LogP contribution >= 0.6 is 0 Å². The molecule has 2 amide bonds. The number of para-hydroxylation sites is 1. The molecule has 6 nitrogen and oxygen atoms in total. The molecule has 4 aliphatic rings. The summed E-state index contributed by atoms with van der Waals surface area (Å²) in [4.78, 5) is 27.2.